The van der Waals surface area contributed by atoms with E-state index >= 15 is 0 Å². The summed E-state index contributed by atoms with van der Waals surface area (Å²) >= 11 is 1.57. The first-order chi connectivity index (χ1) is 7.65. The summed E-state index contributed by atoms with van der Waals surface area (Å²) in [5.41, 5.74) is 1.13. The first kappa shape index (κ1) is 10.9. The van der Waals surface area contributed by atoms with Gasteiger partial charge < -0.3 is 10.0 Å². The number of benzene rings is 1. The SMILES string of the molecule is Cc1nnc(N(C)Cc2ccc(O)cc2)s1. The Morgan fingerprint density at radius 3 is 2.50 bits per heavy atom. The van der Waals surface area contributed by atoms with Crippen molar-refractivity contribution in [3.05, 3.63) is 34.8 Å². The number of aromatic hydroxyl groups is 1. The van der Waals surface area contributed by atoms with Gasteiger partial charge >= 0.3 is 0 Å². The first-order valence-electron chi connectivity index (χ1n) is 4.94. The van der Waals surface area contributed by atoms with Gasteiger partial charge in [-0.2, -0.15) is 0 Å². The van der Waals surface area contributed by atoms with E-state index < -0.39 is 0 Å². The molecule has 1 heterocycles. The van der Waals surface area contributed by atoms with Gasteiger partial charge in [0.25, 0.3) is 0 Å². The molecule has 0 aliphatic rings. The lowest BCUT2D eigenvalue weighted by Crippen LogP contribution is -2.15. The van der Waals surface area contributed by atoms with E-state index in [0.717, 1.165) is 22.2 Å². The van der Waals surface area contributed by atoms with E-state index in [2.05, 4.69) is 10.2 Å². The van der Waals surface area contributed by atoms with Crippen LogP contribution in [0.2, 0.25) is 0 Å². The predicted molar refractivity (Wildman–Crippen MR) is 64.9 cm³/mol. The van der Waals surface area contributed by atoms with Gasteiger partial charge in [0.05, 0.1) is 0 Å². The number of anilines is 1. The van der Waals surface area contributed by atoms with Crippen LogP contribution >= 0.6 is 11.3 Å². The lowest BCUT2D eigenvalue weighted by molar-refractivity contribution is 0.475. The topological polar surface area (TPSA) is 49.2 Å². The molecule has 0 aliphatic heterocycles. The molecule has 0 radical (unpaired) electrons. The van der Waals surface area contributed by atoms with Crippen LogP contribution in [0.4, 0.5) is 5.13 Å². The van der Waals surface area contributed by atoms with Gasteiger partial charge in [-0.25, -0.2) is 0 Å². The van der Waals surface area contributed by atoms with Crippen molar-refractivity contribution < 1.29 is 5.11 Å². The number of phenolic OH excluding ortho intramolecular Hbond substituents is 1. The van der Waals surface area contributed by atoms with Crippen LogP contribution in [0.1, 0.15) is 10.6 Å². The summed E-state index contributed by atoms with van der Waals surface area (Å²) in [6, 6.07) is 7.18. The van der Waals surface area contributed by atoms with Gasteiger partial charge in [0.15, 0.2) is 0 Å². The fourth-order valence-corrected chi connectivity index (χ4v) is 2.03. The van der Waals surface area contributed by atoms with Gasteiger partial charge in [0.2, 0.25) is 5.13 Å². The molecule has 0 saturated heterocycles. The minimum absolute atomic E-state index is 0.290. The van der Waals surface area contributed by atoms with Gasteiger partial charge in [0.1, 0.15) is 10.8 Å². The highest BCUT2D eigenvalue weighted by Crippen LogP contribution is 2.20. The lowest BCUT2D eigenvalue weighted by Gasteiger charge is -2.14. The zero-order valence-corrected chi connectivity index (χ0v) is 10.0. The monoisotopic (exact) mass is 235 g/mol. The maximum absolute atomic E-state index is 9.18. The second-order valence-corrected chi connectivity index (χ2v) is 4.79. The summed E-state index contributed by atoms with van der Waals surface area (Å²) in [4.78, 5) is 2.04. The van der Waals surface area contributed by atoms with Crippen molar-refractivity contribution in [1.29, 1.82) is 0 Å². The lowest BCUT2D eigenvalue weighted by atomic mass is 10.2. The van der Waals surface area contributed by atoms with Crippen LogP contribution in [0.5, 0.6) is 5.75 Å². The third-order valence-electron chi connectivity index (χ3n) is 2.20. The molecule has 0 unspecified atom stereocenters. The van der Waals surface area contributed by atoms with Crippen molar-refractivity contribution in [1.82, 2.24) is 10.2 Å². The van der Waals surface area contributed by atoms with Crippen molar-refractivity contribution in [3.8, 4) is 5.75 Å². The summed E-state index contributed by atoms with van der Waals surface area (Å²) in [6.07, 6.45) is 0. The summed E-state index contributed by atoms with van der Waals surface area (Å²) in [5.74, 6) is 0.290. The average molecular weight is 235 g/mol. The molecule has 0 bridgehead atoms. The molecule has 0 amide bonds. The molecule has 1 N–H and O–H groups in total. The highest BCUT2D eigenvalue weighted by Gasteiger charge is 2.06. The van der Waals surface area contributed by atoms with E-state index in [-0.39, 0.29) is 5.75 Å². The van der Waals surface area contributed by atoms with E-state index in [4.69, 9.17) is 0 Å². The Hall–Kier alpha value is -1.62. The molecule has 2 aromatic rings. The van der Waals surface area contributed by atoms with E-state index in [9.17, 15) is 5.11 Å². The number of aryl methyl sites for hydroxylation is 1. The molecule has 5 heteroatoms. The Labute approximate surface area is 98.2 Å². The number of aromatic nitrogens is 2. The molecule has 0 aliphatic carbocycles. The van der Waals surface area contributed by atoms with Crippen LogP contribution in [0.3, 0.4) is 0 Å². The molecule has 2 rings (SSSR count). The maximum Gasteiger partial charge on any atom is 0.208 e. The van der Waals surface area contributed by atoms with E-state index in [1.54, 1.807) is 23.5 Å². The van der Waals surface area contributed by atoms with Crippen LogP contribution in [-0.2, 0) is 6.54 Å². The minimum atomic E-state index is 0.290. The fraction of sp³-hybridized carbons (Fsp3) is 0.273. The van der Waals surface area contributed by atoms with Crippen molar-refractivity contribution in [2.75, 3.05) is 11.9 Å². The van der Waals surface area contributed by atoms with Crippen LogP contribution in [0.15, 0.2) is 24.3 Å². The molecule has 0 spiro atoms. The minimum Gasteiger partial charge on any atom is -0.508 e. The molecule has 16 heavy (non-hydrogen) atoms. The molecule has 0 atom stereocenters. The second-order valence-electron chi connectivity index (χ2n) is 3.63. The largest absolute Gasteiger partial charge is 0.508 e. The number of hydrogen-bond acceptors (Lipinski definition) is 5. The van der Waals surface area contributed by atoms with Crippen LogP contribution in [0, 0.1) is 6.92 Å². The van der Waals surface area contributed by atoms with Gasteiger partial charge in [-0.1, -0.05) is 23.5 Å². The summed E-state index contributed by atoms with van der Waals surface area (Å²) in [7, 11) is 1.98. The summed E-state index contributed by atoms with van der Waals surface area (Å²) in [5, 5.41) is 19.1. The molecule has 0 saturated carbocycles. The van der Waals surface area contributed by atoms with Gasteiger partial charge in [0, 0.05) is 13.6 Å². The van der Waals surface area contributed by atoms with Crippen molar-refractivity contribution >= 4 is 16.5 Å². The van der Waals surface area contributed by atoms with Crippen LogP contribution < -0.4 is 4.90 Å². The average Bonchev–Trinajstić information content (AvgIpc) is 2.68. The quantitative estimate of drug-likeness (QED) is 0.886. The number of phenols is 1. The second kappa shape index (κ2) is 4.49. The van der Waals surface area contributed by atoms with Crippen LogP contribution in [-0.4, -0.2) is 22.4 Å². The molecular formula is C11H13N3OS. The number of rotatable bonds is 3. The van der Waals surface area contributed by atoms with Gasteiger partial charge in [-0.3, -0.25) is 0 Å². The highest BCUT2D eigenvalue weighted by molar-refractivity contribution is 7.15. The van der Waals surface area contributed by atoms with E-state index in [1.807, 2.05) is 31.0 Å². The van der Waals surface area contributed by atoms with Crippen molar-refractivity contribution in [3.63, 3.8) is 0 Å². The predicted octanol–water partition coefficient (Wildman–Crippen LogP) is 2.19. The van der Waals surface area contributed by atoms with Crippen molar-refractivity contribution in [2.45, 2.75) is 13.5 Å². The van der Waals surface area contributed by atoms with Crippen molar-refractivity contribution in [2.24, 2.45) is 0 Å². The molecular weight excluding hydrogens is 222 g/mol. The Kier molecular flexibility index (Phi) is 3.05. The standard InChI is InChI=1S/C11H13N3OS/c1-8-12-13-11(16-8)14(2)7-9-3-5-10(15)6-4-9/h3-6,15H,7H2,1-2H3. The maximum atomic E-state index is 9.18. The van der Waals surface area contributed by atoms with E-state index in [0.29, 0.717) is 0 Å². The number of hydrogen-bond donors (Lipinski definition) is 1. The smallest absolute Gasteiger partial charge is 0.208 e. The Morgan fingerprint density at radius 1 is 1.25 bits per heavy atom. The number of nitrogens with zero attached hydrogens (tertiary/aromatic N) is 3. The zero-order chi connectivity index (χ0) is 11.5. The molecule has 4 nitrogen and oxygen atoms in total. The zero-order valence-electron chi connectivity index (χ0n) is 9.21. The van der Waals surface area contributed by atoms with Gasteiger partial charge in [-0.15, -0.1) is 10.2 Å². The van der Waals surface area contributed by atoms with Crippen LogP contribution in [0.25, 0.3) is 0 Å². The summed E-state index contributed by atoms with van der Waals surface area (Å²) in [6.45, 7) is 2.70. The third-order valence-corrected chi connectivity index (χ3v) is 3.15. The third kappa shape index (κ3) is 2.49. The molecule has 1 aromatic heterocycles. The Bertz CT molecular complexity index is 466. The summed E-state index contributed by atoms with van der Waals surface area (Å²) < 4.78 is 0. The first-order valence-corrected chi connectivity index (χ1v) is 5.76. The molecule has 0 fully saturated rings. The highest BCUT2D eigenvalue weighted by atomic mass is 32.1. The molecule has 1 aromatic carbocycles. The Balaban J connectivity index is 2.07. The van der Waals surface area contributed by atoms with E-state index in [1.165, 1.54) is 0 Å². The fourth-order valence-electron chi connectivity index (χ4n) is 1.38. The Morgan fingerprint density at radius 2 is 1.94 bits per heavy atom. The normalized spacial score (nSPS) is 10.4. The molecule has 84 valence electrons. The van der Waals surface area contributed by atoms with Gasteiger partial charge in [-0.05, 0) is 24.6 Å².